The van der Waals surface area contributed by atoms with Crippen LogP contribution in [0.1, 0.15) is 45.4 Å². The topological polar surface area (TPSA) is 43.6 Å². The fourth-order valence-electron chi connectivity index (χ4n) is 4.45. The molecule has 32 heavy (non-hydrogen) atoms. The molecule has 4 heterocycles. The van der Waals surface area contributed by atoms with Gasteiger partial charge in [-0.2, -0.15) is 0 Å². The summed E-state index contributed by atoms with van der Waals surface area (Å²) in [4.78, 5) is 14.6. The summed E-state index contributed by atoms with van der Waals surface area (Å²) < 4.78 is 4.59. The summed E-state index contributed by atoms with van der Waals surface area (Å²) in [7, 11) is 0. The number of imidazole rings is 1. The monoisotopic (exact) mass is 570 g/mol. The quantitative estimate of drug-likeness (QED) is 0.138. The molecule has 0 spiro atoms. The average Bonchev–Trinajstić information content (AvgIpc) is 3.35. The normalized spacial score (nSPS) is 11.8. The van der Waals surface area contributed by atoms with Crippen LogP contribution in [0.2, 0.25) is 0 Å². The van der Waals surface area contributed by atoms with Crippen LogP contribution < -0.4 is 0 Å². The maximum Gasteiger partial charge on any atom is 0.143 e. The van der Waals surface area contributed by atoms with Gasteiger partial charge in [-0.25, -0.2) is 4.98 Å². The van der Waals surface area contributed by atoms with Crippen LogP contribution in [0.3, 0.4) is 0 Å². The number of unbranched alkanes of at least 4 members (excludes halogenated alkanes) is 5. The molecule has 0 saturated carbocycles. The molecule has 7 heteroatoms. The van der Waals surface area contributed by atoms with Crippen molar-refractivity contribution in [2.75, 3.05) is 0 Å². The van der Waals surface area contributed by atoms with Gasteiger partial charge in [-0.3, -0.25) is 9.97 Å². The van der Waals surface area contributed by atoms with Crippen molar-refractivity contribution in [2.45, 2.75) is 52.0 Å². The van der Waals surface area contributed by atoms with E-state index in [-0.39, 0.29) is 0 Å². The highest BCUT2D eigenvalue weighted by atomic mass is 79.9. The maximum absolute atomic E-state index is 5.21. The Balaban J connectivity index is 1.72. The molecule has 0 saturated heterocycles. The molecule has 164 valence electrons. The minimum atomic E-state index is 0.914. The van der Waals surface area contributed by atoms with E-state index in [9.17, 15) is 0 Å². The van der Waals surface area contributed by atoms with E-state index < -0.39 is 0 Å². The van der Waals surface area contributed by atoms with Crippen LogP contribution in [-0.2, 0) is 6.54 Å². The summed E-state index contributed by atoms with van der Waals surface area (Å²) >= 11 is 9.10. The van der Waals surface area contributed by atoms with E-state index in [0.717, 1.165) is 64.8 Å². The largest absolute Gasteiger partial charge is 0.323 e. The number of aromatic nitrogens is 4. The Labute approximate surface area is 208 Å². The Morgan fingerprint density at radius 1 is 0.875 bits per heavy atom. The van der Waals surface area contributed by atoms with Gasteiger partial charge in [0.05, 0.1) is 29.6 Å². The van der Waals surface area contributed by atoms with Gasteiger partial charge in [-0.15, -0.1) is 11.3 Å². The zero-order valence-electron chi connectivity index (χ0n) is 17.9. The molecule has 0 aliphatic carbocycles. The molecule has 0 unspecified atom stereocenters. The van der Waals surface area contributed by atoms with Gasteiger partial charge in [0.1, 0.15) is 5.82 Å². The highest BCUT2D eigenvalue weighted by Crippen LogP contribution is 2.41. The van der Waals surface area contributed by atoms with Gasteiger partial charge >= 0.3 is 0 Å². The zero-order chi connectivity index (χ0) is 22.1. The number of pyridine rings is 2. The van der Waals surface area contributed by atoms with E-state index in [1.54, 1.807) is 11.3 Å². The minimum Gasteiger partial charge on any atom is -0.323 e. The summed E-state index contributed by atoms with van der Waals surface area (Å²) in [6.07, 6.45) is 11.3. The fraction of sp³-hybridized carbons (Fsp3) is 0.320. The first-order valence-electron chi connectivity index (χ1n) is 11.2. The Morgan fingerprint density at radius 2 is 1.56 bits per heavy atom. The Bertz CT molecular complexity index is 1410. The maximum atomic E-state index is 5.21. The molecule has 1 aromatic carbocycles. The first-order chi connectivity index (χ1) is 15.7. The Morgan fingerprint density at radius 3 is 2.28 bits per heavy atom. The lowest BCUT2D eigenvalue weighted by Crippen LogP contribution is -2.02. The van der Waals surface area contributed by atoms with Crippen molar-refractivity contribution in [3.63, 3.8) is 0 Å². The van der Waals surface area contributed by atoms with Gasteiger partial charge in [0, 0.05) is 35.3 Å². The number of hydrogen-bond donors (Lipinski definition) is 0. The number of fused-ring (bicyclic) bond motifs is 6. The molecule has 5 aromatic rings. The second kappa shape index (κ2) is 9.57. The predicted octanol–water partition coefficient (Wildman–Crippen LogP) is 8.75. The van der Waals surface area contributed by atoms with Crippen molar-refractivity contribution in [2.24, 2.45) is 0 Å². The van der Waals surface area contributed by atoms with Crippen molar-refractivity contribution >= 4 is 76.0 Å². The molecule has 0 fully saturated rings. The Hall–Kier alpha value is -1.83. The van der Waals surface area contributed by atoms with Crippen LogP contribution in [-0.4, -0.2) is 19.5 Å². The van der Waals surface area contributed by atoms with E-state index in [4.69, 9.17) is 9.97 Å². The van der Waals surface area contributed by atoms with Crippen LogP contribution in [0.5, 0.6) is 0 Å². The summed E-state index contributed by atoms with van der Waals surface area (Å²) in [5.74, 6) is 1.00. The van der Waals surface area contributed by atoms with Gasteiger partial charge in [-0.05, 0) is 68.6 Å². The SMILES string of the molecule is CCCCCCCCn1c(-c2cc(Br)sc2Br)nc2c3cccnc3c3ncccc3c21. The number of thiophene rings is 1. The van der Waals surface area contributed by atoms with Crippen LogP contribution >= 0.6 is 43.2 Å². The summed E-state index contributed by atoms with van der Waals surface area (Å²) in [5.41, 5.74) is 5.14. The third-order valence-electron chi connectivity index (χ3n) is 5.95. The molecule has 0 radical (unpaired) electrons. The molecule has 0 amide bonds. The van der Waals surface area contributed by atoms with Gasteiger partial charge in [0.15, 0.2) is 0 Å². The molecule has 5 rings (SSSR count). The predicted molar refractivity (Wildman–Crippen MR) is 142 cm³/mol. The van der Waals surface area contributed by atoms with Gasteiger partial charge in [0.25, 0.3) is 0 Å². The first kappa shape index (κ1) is 22.0. The van der Waals surface area contributed by atoms with E-state index in [0.29, 0.717) is 0 Å². The number of benzene rings is 1. The number of hydrogen-bond acceptors (Lipinski definition) is 4. The van der Waals surface area contributed by atoms with Crippen LogP contribution in [0.4, 0.5) is 0 Å². The zero-order valence-corrected chi connectivity index (χ0v) is 21.9. The first-order valence-corrected chi connectivity index (χ1v) is 13.6. The number of rotatable bonds is 8. The van der Waals surface area contributed by atoms with Crippen molar-refractivity contribution in [1.82, 2.24) is 19.5 Å². The van der Waals surface area contributed by atoms with Crippen molar-refractivity contribution < 1.29 is 0 Å². The Kier molecular flexibility index (Phi) is 6.58. The van der Waals surface area contributed by atoms with E-state index in [1.807, 2.05) is 24.5 Å². The summed E-state index contributed by atoms with van der Waals surface area (Å²) in [5, 5.41) is 2.17. The van der Waals surface area contributed by atoms with E-state index in [1.165, 1.54) is 32.1 Å². The standard InChI is InChI=1S/C25H24Br2N4S/c1-2-3-4-5-6-7-14-31-23-17-11-9-13-29-21(17)20-16(10-8-12-28-20)22(23)30-25(31)18-15-19(26)32-24(18)27/h8-13,15H,2-7,14H2,1H3. The molecule has 0 atom stereocenters. The van der Waals surface area contributed by atoms with Crippen molar-refractivity contribution in [1.29, 1.82) is 0 Å². The second-order valence-electron chi connectivity index (χ2n) is 8.09. The summed E-state index contributed by atoms with van der Waals surface area (Å²) in [6, 6.07) is 10.4. The molecule has 0 N–H and O–H groups in total. The summed E-state index contributed by atoms with van der Waals surface area (Å²) in [6.45, 7) is 3.20. The smallest absolute Gasteiger partial charge is 0.143 e. The van der Waals surface area contributed by atoms with Crippen LogP contribution in [0.15, 0.2) is 50.3 Å². The molecule has 0 aliphatic heterocycles. The highest BCUT2D eigenvalue weighted by Gasteiger charge is 2.21. The van der Waals surface area contributed by atoms with Gasteiger partial charge in [0.2, 0.25) is 0 Å². The van der Waals surface area contributed by atoms with Crippen molar-refractivity contribution in [3.8, 4) is 11.4 Å². The fourth-order valence-corrected chi connectivity index (χ4v) is 7.24. The molecule has 0 bridgehead atoms. The average molecular weight is 572 g/mol. The van der Waals surface area contributed by atoms with E-state index in [2.05, 4.69) is 66.5 Å². The lowest BCUT2D eigenvalue weighted by molar-refractivity contribution is 0.566. The molecular formula is C25H24Br2N4S. The third kappa shape index (κ3) is 3.99. The van der Waals surface area contributed by atoms with Crippen molar-refractivity contribution in [3.05, 3.63) is 50.3 Å². The van der Waals surface area contributed by atoms with Crippen LogP contribution in [0.25, 0.3) is 44.2 Å². The molecule has 0 aliphatic rings. The minimum absolute atomic E-state index is 0.914. The third-order valence-corrected chi connectivity index (χ3v) is 8.29. The molecular weight excluding hydrogens is 548 g/mol. The van der Waals surface area contributed by atoms with Crippen LogP contribution in [0, 0.1) is 0 Å². The van der Waals surface area contributed by atoms with Gasteiger partial charge in [-0.1, -0.05) is 39.0 Å². The second-order valence-corrected chi connectivity index (χ2v) is 11.8. The molecule has 4 aromatic heterocycles. The van der Waals surface area contributed by atoms with E-state index >= 15 is 0 Å². The number of halogens is 2. The van der Waals surface area contributed by atoms with Gasteiger partial charge < -0.3 is 4.57 Å². The number of aryl methyl sites for hydroxylation is 1. The lowest BCUT2D eigenvalue weighted by atomic mass is 10.1. The number of nitrogens with zero attached hydrogens (tertiary/aromatic N) is 4. The lowest BCUT2D eigenvalue weighted by Gasteiger charge is -2.11. The highest BCUT2D eigenvalue weighted by molar-refractivity contribution is 9.12. The molecule has 4 nitrogen and oxygen atoms in total.